The number of carbonyl (C=O) groups is 1. The molecular weight excluding hydrogens is 204 g/mol. The van der Waals surface area contributed by atoms with Crippen LogP contribution in [0.2, 0.25) is 0 Å². The van der Waals surface area contributed by atoms with Gasteiger partial charge in [0.25, 0.3) is 0 Å². The number of aliphatic hydroxyl groups is 1. The quantitative estimate of drug-likeness (QED) is 0.737. The van der Waals surface area contributed by atoms with Gasteiger partial charge in [-0.15, -0.1) is 0 Å². The van der Waals surface area contributed by atoms with E-state index in [2.05, 4.69) is 0 Å². The number of ketones is 1. The minimum atomic E-state index is -0.575. The highest BCUT2D eigenvalue weighted by Crippen LogP contribution is 2.33. The lowest BCUT2D eigenvalue weighted by molar-refractivity contribution is 0.101. The average Bonchev–Trinajstić information content (AvgIpc) is 2.56. The Morgan fingerprint density at radius 1 is 1.38 bits per heavy atom. The van der Waals surface area contributed by atoms with Gasteiger partial charge in [-0.05, 0) is 44.0 Å². The molecule has 1 N–H and O–H groups in total. The molecule has 16 heavy (non-hydrogen) atoms. The molecule has 0 bridgehead atoms. The molecule has 1 aromatic carbocycles. The number of rotatable bonds is 1. The first kappa shape index (κ1) is 10.9. The molecule has 0 saturated carbocycles. The Kier molecular flexibility index (Phi) is 2.56. The van der Waals surface area contributed by atoms with E-state index < -0.39 is 6.10 Å². The zero-order valence-corrected chi connectivity index (χ0v) is 9.57. The number of fused-ring (bicyclic) bond motifs is 1. The average molecular weight is 218 g/mol. The summed E-state index contributed by atoms with van der Waals surface area (Å²) in [6, 6.07) is 5.19. The van der Waals surface area contributed by atoms with Crippen LogP contribution in [0.3, 0.4) is 0 Å². The van der Waals surface area contributed by atoms with E-state index in [-0.39, 0.29) is 5.78 Å². The summed E-state index contributed by atoms with van der Waals surface area (Å²) in [6.45, 7) is 5.35. The Hall–Kier alpha value is -1.61. The lowest BCUT2D eigenvalue weighted by Gasteiger charge is -2.04. The van der Waals surface area contributed by atoms with Crippen molar-refractivity contribution in [1.29, 1.82) is 0 Å². The maximum absolute atomic E-state index is 11.9. The number of allylic oxidation sites excluding steroid dienone is 2. The summed E-state index contributed by atoms with van der Waals surface area (Å²) in [6.07, 6.45) is -0.575. The summed E-state index contributed by atoms with van der Waals surface area (Å²) in [5.74, 6) is 0.876. The van der Waals surface area contributed by atoms with E-state index in [0.717, 1.165) is 11.1 Å². The molecular formula is C13H14O3. The minimum Gasteiger partial charge on any atom is -0.453 e. The van der Waals surface area contributed by atoms with Crippen molar-refractivity contribution in [2.45, 2.75) is 26.9 Å². The fourth-order valence-electron chi connectivity index (χ4n) is 1.68. The standard InChI is InChI=1S/C13H14O3/c1-7(2)13-12(15)10-6-9(8(3)14)4-5-11(10)16-13/h4-6,8,14H,1-3H3/t8-/m0/s1. The molecule has 1 aliphatic heterocycles. The largest absolute Gasteiger partial charge is 0.453 e. The van der Waals surface area contributed by atoms with E-state index >= 15 is 0 Å². The van der Waals surface area contributed by atoms with E-state index in [1.54, 1.807) is 25.1 Å². The zero-order valence-electron chi connectivity index (χ0n) is 9.57. The first-order chi connectivity index (χ1) is 7.50. The molecule has 0 saturated heterocycles. The third-order valence-electron chi connectivity index (χ3n) is 2.60. The lowest BCUT2D eigenvalue weighted by atomic mass is 10.0. The first-order valence-corrected chi connectivity index (χ1v) is 5.22. The van der Waals surface area contributed by atoms with Crippen molar-refractivity contribution < 1.29 is 14.6 Å². The Labute approximate surface area is 94.4 Å². The van der Waals surface area contributed by atoms with Crippen LogP contribution >= 0.6 is 0 Å². The highest BCUT2D eigenvalue weighted by molar-refractivity contribution is 6.12. The summed E-state index contributed by atoms with van der Waals surface area (Å²) in [7, 11) is 0. The fourth-order valence-corrected chi connectivity index (χ4v) is 1.68. The summed E-state index contributed by atoms with van der Waals surface area (Å²) >= 11 is 0. The van der Waals surface area contributed by atoms with Gasteiger partial charge in [0.1, 0.15) is 5.75 Å². The number of ether oxygens (including phenoxy) is 1. The molecule has 2 rings (SSSR count). The number of carbonyl (C=O) groups excluding carboxylic acids is 1. The molecule has 3 heteroatoms. The maximum Gasteiger partial charge on any atom is 0.231 e. The van der Waals surface area contributed by atoms with Gasteiger partial charge in [-0.1, -0.05) is 6.07 Å². The number of hydrogen-bond acceptors (Lipinski definition) is 3. The van der Waals surface area contributed by atoms with Crippen molar-refractivity contribution in [3.05, 3.63) is 40.7 Å². The lowest BCUT2D eigenvalue weighted by Crippen LogP contribution is -2.01. The zero-order chi connectivity index (χ0) is 11.9. The number of hydrogen-bond donors (Lipinski definition) is 1. The van der Waals surface area contributed by atoms with Crippen molar-refractivity contribution in [2.24, 2.45) is 0 Å². The third-order valence-corrected chi connectivity index (χ3v) is 2.60. The monoisotopic (exact) mass is 218 g/mol. The van der Waals surface area contributed by atoms with Crippen LogP contribution in [0, 0.1) is 0 Å². The molecule has 1 aliphatic rings. The molecule has 0 amide bonds. The number of aliphatic hydroxyl groups excluding tert-OH is 1. The van der Waals surface area contributed by atoms with Crippen LogP contribution < -0.4 is 4.74 Å². The molecule has 0 aliphatic carbocycles. The van der Waals surface area contributed by atoms with Crippen molar-refractivity contribution in [1.82, 2.24) is 0 Å². The van der Waals surface area contributed by atoms with Crippen molar-refractivity contribution in [3.8, 4) is 5.75 Å². The van der Waals surface area contributed by atoms with Gasteiger partial charge in [0.15, 0.2) is 5.76 Å². The van der Waals surface area contributed by atoms with Crippen LogP contribution in [0.4, 0.5) is 0 Å². The predicted octanol–water partition coefficient (Wildman–Crippen LogP) is 2.61. The third kappa shape index (κ3) is 1.63. The van der Waals surface area contributed by atoms with E-state index in [9.17, 15) is 9.90 Å². The summed E-state index contributed by atoms with van der Waals surface area (Å²) in [4.78, 5) is 11.9. The van der Waals surface area contributed by atoms with Gasteiger partial charge in [0, 0.05) is 0 Å². The second kappa shape index (κ2) is 3.76. The summed E-state index contributed by atoms with van der Waals surface area (Å²) in [5.41, 5.74) is 2.13. The SMILES string of the molecule is CC(C)=C1Oc2ccc([C@H](C)O)cc2C1=O. The minimum absolute atomic E-state index is 0.0995. The number of Topliss-reactive ketones (excluding diaryl/α,β-unsaturated/α-hetero) is 1. The van der Waals surface area contributed by atoms with Crippen molar-refractivity contribution >= 4 is 5.78 Å². The van der Waals surface area contributed by atoms with Gasteiger partial charge in [-0.2, -0.15) is 0 Å². The van der Waals surface area contributed by atoms with Crippen LogP contribution in [0.25, 0.3) is 0 Å². The molecule has 0 unspecified atom stereocenters. The van der Waals surface area contributed by atoms with Crippen LogP contribution in [0.15, 0.2) is 29.5 Å². The Bertz CT molecular complexity index is 480. The van der Waals surface area contributed by atoms with Crippen LogP contribution in [-0.2, 0) is 0 Å². The van der Waals surface area contributed by atoms with Crippen molar-refractivity contribution in [2.75, 3.05) is 0 Å². The summed E-state index contributed by atoms with van der Waals surface area (Å²) < 4.78 is 5.46. The Morgan fingerprint density at radius 3 is 2.62 bits per heavy atom. The Morgan fingerprint density at radius 2 is 2.06 bits per heavy atom. The van der Waals surface area contributed by atoms with E-state index in [1.165, 1.54) is 0 Å². The van der Waals surface area contributed by atoms with Gasteiger partial charge in [0.05, 0.1) is 11.7 Å². The second-order valence-corrected chi connectivity index (χ2v) is 4.19. The smallest absolute Gasteiger partial charge is 0.231 e. The van der Waals surface area contributed by atoms with E-state index in [0.29, 0.717) is 17.1 Å². The van der Waals surface area contributed by atoms with Crippen LogP contribution in [0.5, 0.6) is 5.75 Å². The van der Waals surface area contributed by atoms with Gasteiger partial charge >= 0.3 is 0 Å². The summed E-state index contributed by atoms with van der Waals surface area (Å²) in [5, 5.41) is 9.45. The molecule has 3 nitrogen and oxygen atoms in total. The molecule has 1 aromatic rings. The van der Waals surface area contributed by atoms with Gasteiger partial charge in [-0.25, -0.2) is 0 Å². The molecule has 84 valence electrons. The topological polar surface area (TPSA) is 46.5 Å². The molecule has 0 spiro atoms. The van der Waals surface area contributed by atoms with E-state index in [1.807, 2.05) is 13.8 Å². The van der Waals surface area contributed by atoms with E-state index in [4.69, 9.17) is 4.74 Å². The second-order valence-electron chi connectivity index (χ2n) is 4.19. The maximum atomic E-state index is 11.9. The molecule has 0 aromatic heterocycles. The van der Waals surface area contributed by atoms with Crippen LogP contribution in [-0.4, -0.2) is 10.9 Å². The Balaban J connectivity index is 2.50. The van der Waals surface area contributed by atoms with Crippen LogP contribution in [0.1, 0.15) is 42.8 Å². The van der Waals surface area contributed by atoms with Gasteiger partial charge < -0.3 is 9.84 Å². The molecule has 1 atom stereocenters. The molecule has 0 radical (unpaired) electrons. The molecule has 1 heterocycles. The highest BCUT2D eigenvalue weighted by Gasteiger charge is 2.28. The molecule has 0 fully saturated rings. The van der Waals surface area contributed by atoms with Crippen molar-refractivity contribution in [3.63, 3.8) is 0 Å². The van der Waals surface area contributed by atoms with Gasteiger partial charge in [-0.3, -0.25) is 4.79 Å². The predicted molar refractivity (Wildman–Crippen MR) is 60.4 cm³/mol. The highest BCUT2D eigenvalue weighted by atomic mass is 16.5. The normalized spacial score (nSPS) is 15.8. The fraction of sp³-hybridized carbons (Fsp3) is 0.308. The number of benzene rings is 1. The first-order valence-electron chi connectivity index (χ1n) is 5.22. The van der Waals surface area contributed by atoms with Gasteiger partial charge in [0.2, 0.25) is 5.78 Å².